The van der Waals surface area contributed by atoms with Crippen LogP contribution in [0, 0.1) is 0 Å². The number of halogens is 2. The van der Waals surface area contributed by atoms with Gasteiger partial charge in [0.1, 0.15) is 0 Å². The molecule has 1 aromatic carbocycles. The molecule has 3 aromatic rings. The molecule has 4 heterocycles. The Balaban J connectivity index is 1.51. The number of pyridine rings is 1. The van der Waals surface area contributed by atoms with E-state index >= 15 is 0 Å². The third kappa shape index (κ3) is 4.74. The molecule has 0 unspecified atom stereocenters. The molecule has 9 heteroatoms. The molecule has 0 saturated carbocycles. The molecule has 1 N–H and O–H groups in total. The standard InChI is InChI=1S/C24H25Cl2N5OS/c25-17-6-7-20(18(26)16-17)30-9-3-5-21(30)23-22(19-4-1-2-8-27-19)28-24(33)31(23)11-10-29-12-14-32-15-13-29/h1-9,16,22-23H,10-15H2,(H,28,33)/t22-,23+/m1/s1. The van der Waals surface area contributed by atoms with Gasteiger partial charge in [-0.05, 0) is 54.7 Å². The van der Waals surface area contributed by atoms with Gasteiger partial charge in [0.05, 0.1) is 41.7 Å². The molecule has 0 amide bonds. The third-order valence-corrected chi connectivity index (χ3v) is 7.10. The lowest BCUT2D eigenvalue weighted by molar-refractivity contribution is 0.0349. The van der Waals surface area contributed by atoms with Crippen LogP contribution in [0.3, 0.4) is 0 Å². The molecule has 33 heavy (non-hydrogen) atoms. The molecular weight excluding hydrogens is 477 g/mol. The molecule has 5 rings (SSSR count). The number of thiocarbonyl (C=S) groups is 1. The van der Waals surface area contributed by atoms with Crippen LogP contribution in [0.25, 0.3) is 5.69 Å². The minimum absolute atomic E-state index is 0.0461. The van der Waals surface area contributed by atoms with Gasteiger partial charge in [-0.25, -0.2) is 0 Å². The van der Waals surface area contributed by atoms with Gasteiger partial charge in [-0.3, -0.25) is 9.88 Å². The van der Waals surface area contributed by atoms with Gasteiger partial charge < -0.3 is 19.5 Å². The second kappa shape index (κ2) is 9.99. The fraction of sp³-hybridized carbons (Fsp3) is 0.333. The molecule has 0 aliphatic carbocycles. The molecule has 2 saturated heterocycles. The number of nitrogens with one attached hydrogen (secondary N) is 1. The highest BCUT2D eigenvalue weighted by Crippen LogP contribution is 2.40. The maximum atomic E-state index is 6.59. The van der Waals surface area contributed by atoms with Gasteiger partial charge in [-0.2, -0.15) is 0 Å². The second-order valence-corrected chi connectivity index (χ2v) is 9.40. The predicted octanol–water partition coefficient (Wildman–Crippen LogP) is 4.48. The summed E-state index contributed by atoms with van der Waals surface area (Å²) in [6.07, 6.45) is 3.85. The Bertz CT molecular complexity index is 1120. The maximum absolute atomic E-state index is 6.59. The summed E-state index contributed by atoms with van der Waals surface area (Å²) < 4.78 is 7.63. The number of benzene rings is 1. The molecule has 6 nitrogen and oxygen atoms in total. The lowest BCUT2D eigenvalue weighted by Crippen LogP contribution is -2.42. The van der Waals surface area contributed by atoms with E-state index in [1.54, 1.807) is 6.07 Å². The van der Waals surface area contributed by atoms with Crippen molar-refractivity contribution in [1.29, 1.82) is 0 Å². The minimum atomic E-state index is -0.0804. The van der Waals surface area contributed by atoms with Crippen LogP contribution >= 0.6 is 35.4 Å². The van der Waals surface area contributed by atoms with E-state index in [4.69, 9.17) is 40.2 Å². The molecule has 2 aromatic heterocycles. The Kier molecular flexibility index (Phi) is 6.85. The molecule has 2 aliphatic heterocycles. The van der Waals surface area contributed by atoms with E-state index < -0.39 is 0 Å². The summed E-state index contributed by atoms with van der Waals surface area (Å²) in [5, 5.41) is 5.48. The average Bonchev–Trinajstić information content (AvgIpc) is 3.43. The SMILES string of the molecule is S=C1N[C@H](c2ccccn2)[C@H](c2cccn2-c2ccc(Cl)cc2Cl)N1CCN1CCOCC1. The van der Waals surface area contributed by atoms with Gasteiger partial charge in [0.25, 0.3) is 0 Å². The smallest absolute Gasteiger partial charge is 0.170 e. The van der Waals surface area contributed by atoms with E-state index in [0.29, 0.717) is 10.0 Å². The van der Waals surface area contributed by atoms with Crippen molar-refractivity contribution in [2.75, 3.05) is 39.4 Å². The van der Waals surface area contributed by atoms with Gasteiger partial charge in [0, 0.05) is 49.3 Å². The highest BCUT2D eigenvalue weighted by atomic mass is 35.5. The second-order valence-electron chi connectivity index (χ2n) is 8.17. The first-order chi connectivity index (χ1) is 16.1. The van der Waals surface area contributed by atoms with Crippen LogP contribution < -0.4 is 5.32 Å². The van der Waals surface area contributed by atoms with Gasteiger partial charge in [-0.15, -0.1) is 0 Å². The van der Waals surface area contributed by atoms with Crippen LogP contribution in [0.2, 0.25) is 10.0 Å². The average molecular weight is 502 g/mol. The minimum Gasteiger partial charge on any atom is -0.379 e. The molecule has 172 valence electrons. The Hall–Kier alpha value is -2.16. The van der Waals surface area contributed by atoms with Gasteiger partial charge in [0.15, 0.2) is 5.11 Å². The van der Waals surface area contributed by atoms with Crippen LogP contribution in [-0.2, 0) is 4.74 Å². The third-order valence-electron chi connectivity index (χ3n) is 6.21. The van der Waals surface area contributed by atoms with Crippen molar-refractivity contribution in [2.24, 2.45) is 0 Å². The van der Waals surface area contributed by atoms with Crippen molar-refractivity contribution in [2.45, 2.75) is 12.1 Å². The van der Waals surface area contributed by atoms with Gasteiger partial charge in [0.2, 0.25) is 0 Å². The number of aromatic nitrogens is 2. The summed E-state index contributed by atoms with van der Waals surface area (Å²) in [7, 11) is 0. The quantitative estimate of drug-likeness (QED) is 0.502. The van der Waals surface area contributed by atoms with E-state index in [-0.39, 0.29) is 12.1 Å². The maximum Gasteiger partial charge on any atom is 0.170 e. The van der Waals surface area contributed by atoms with Crippen LogP contribution in [0.5, 0.6) is 0 Å². The molecule has 0 bridgehead atoms. The zero-order chi connectivity index (χ0) is 22.8. The summed E-state index contributed by atoms with van der Waals surface area (Å²) in [6, 6.07) is 15.6. The number of nitrogens with zero attached hydrogens (tertiary/aromatic N) is 4. The first-order valence-corrected chi connectivity index (χ1v) is 12.2. The normalized spacial score (nSPS) is 21.4. The number of morpholine rings is 1. The molecule has 2 aliphatic rings. The van der Waals surface area contributed by atoms with E-state index in [1.807, 2.05) is 48.8 Å². The molecule has 0 spiro atoms. The summed E-state index contributed by atoms with van der Waals surface area (Å²) in [5.74, 6) is 0. The highest BCUT2D eigenvalue weighted by molar-refractivity contribution is 7.80. The summed E-state index contributed by atoms with van der Waals surface area (Å²) >= 11 is 18.6. The van der Waals surface area contributed by atoms with Crippen molar-refractivity contribution in [3.05, 3.63) is 82.4 Å². The summed E-state index contributed by atoms with van der Waals surface area (Å²) in [4.78, 5) is 9.34. The Morgan fingerprint density at radius 3 is 2.67 bits per heavy atom. The molecule has 2 atom stereocenters. The first kappa shape index (κ1) is 22.6. The molecule has 0 radical (unpaired) electrons. The zero-order valence-electron chi connectivity index (χ0n) is 18.0. The Labute approximate surface area is 209 Å². The van der Waals surface area contributed by atoms with Crippen molar-refractivity contribution in [3.63, 3.8) is 0 Å². The zero-order valence-corrected chi connectivity index (χ0v) is 20.4. The number of rotatable bonds is 6. The highest BCUT2D eigenvalue weighted by Gasteiger charge is 2.41. The fourth-order valence-electron chi connectivity index (χ4n) is 4.57. The van der Waals surface area contributed by atoms with Gasteiger partial charge in [-0.1, -0.05) is 29.3 Å². The monoisotopic (exact) mass is 501 g/mol. The van der Waals surface area contributed by atoms with Crippen LogP contribution in [0.4, 0.5) is 0 Å². The fourth-order valence-corrected chi connectivity index (χ4v) is 5.40. The van der Waals surface area contributed by atoms with Crippen LogP contribution in [0.1, 0.15) is 23.5 Å². The van der Waals surface area contributed by atoms with E-state index in [9.17, 15) is 0 Å². The Morgan fingerprint density at radius 1 is 1.06 bits per heavy atom. The van der Waals surface area contributed by atoms with Crippen molar-refractivity contribution >= 4 is 40.5 Å². The van der Waals surface area contributed by atoms with E-state index in [0.717, 1.165) is 61.6 Å². The largest absolute Gasteiger partial charge is 0.379 e. The van der Waals surface area contributed by atoms with Crippen LogP contribution in [-0.4, -0.2) is 63.9 Å². The van der Waals surface area contributed by atoms with Crippen molar-refractivity contribution in [1.82, 2.24) is 24.7 Å². The topological polar surface area (TPSA) is 45.6 Å². The number of hydrogen-bond acceptors (Lipinski definition) is 4. The number of ether oxygens (including phenoxy) is 1. The molecule has 2 fully saturated rings. The summed E-state index contributed by atoms with van der Waals surface area (Å²) in [6.45, 7) is 5.16. The van der Waals surface area contributed by atoms with Crippen molar-refractivity contribution < 1.29 is 4.74 Å². The van der Waals surface area contributed by atoms with Crippen LogP contribution in [0.15, 0.2) is 60.9 Å². The lowest BCUT2D eigenvalue weighted by Gasteiger charge is -2.32. The van der Waals surface area contributed by atoms with Gasteiger partial charge >= 0.3 is 0 Å². The summed E-state index contributed by atoms with van der Waals surface area (Å²) in [5.41, 5.74) is 2.92. The number of hydrogen-bond donors (Lipinski definition) is 1. The molecular formula is C24H25Cl2N5OS. The van der Waals surface area contributed by atoms with E-state index in [2.05, 4.69) is 30.7 Å². The van der Waals surface area contributed by atoms with Crippen molar-refractivity contribution in [3.8, 4) is 5.69 Å². The van der Waals surface area contributed by atoms with E-state index in [1.165, 1.54) is 0 Å². The first-order valence-electron chi connectivity index (χ1n) is 11.0. The Morgan fingerprint density at radius 2 is 1.91 bits per heavy atom. The lowest BCUT2D eigenvalue weighted by atomic mass is 10.0. The predicted molar refractivity (Wildman–Crippen MR) is 135 cm³/mol.